The minimum absolute atomic E-state index is 0.110. The van der Waals surface area contributed by atoms with Crippen molar-refractivity contribution in [1.82, 2.24) is 0 Å². The van der Waals surface area contributed by atoms with E-state index in [4.69, 9.17) is 0 Å². The molecule has 0 bridgehead atoms. The van der Waals surface area contributed by atoms with Gasteiger partial charge in [0.1, 0.15) is 0 Å². The van der Waals surface area contributed by atoms with Crippen LogP contribution in [0.15, 0.2) is 54.6 Å². The quantitative estimate of drug-likeness (QED) is 0.827. The molecule has 0 radical (unpaired) electrons. The second-order valence-electron chi connectivity index (χ2n) is 4.41. The van der Waals surface area contributed by atoms with Crippen LogP contribution in [0.25, 0.3) is 0 Å². The molecule has 0 fully saturated rings. The lowest BCUT2D eigenvalue weighted by atomic mass is 10.0. The molecule has 3 heteroatoms. The lowest BCUT2D eigenvalue weighted by Crippen LogP contribution is -2.30. The standard InChI is InChI=1S/C15H13NO2/c17-15(18)16-13-9-5-4-8-12(13)10-14(16)11-6-2-1-3-7-11/h1-9,14H,10H2,(H,17,18). The third kappa shape index (κ3) is 1.64. The molecule has 1 aliphatic rings. The summed E-state index contributed by atoms with van der Waals surface area (Å²) in [5.41, 5.74) is 2.93. The second kappa shape index (κ2) is 4.18. The van der Waals surface area contributed by atoms with Crippen molar-refractivity contribution in [3.05, 3.63) is 65.7 Å². The van der Waals surface area contributed by atoms with Gasteiger partial charge in [0.15, 0.2) is 0 Å². The zero-order valence-corrected chi connectivity index (χ0v) is 9.78. The normalized spacial score (nSPS) is 17.6. The maximum absolute atomic E-state index is 11.5. The van der Waals surface area contributed by atoms with Crippen LogP contribution in [0.4, 0.5) is 10.5 Å². The van der Waals surface area contributed by atoms with Crippen molar-refractivity contribution in [3.8, 4) is 0 Å². The van der Waals surface area contributed by atoms with Crippen molar-refractivity contribution in [2.75, 3.05) is 4.90 Å². The Balaban J connectivity index is 2.06. The van der Waals surface area contributed by atoms with E-state index < -0.39 is 6.09 Å². The molecule has 1 unspecified atom stereocenters. The van der Waals surface area contributed by atoms with Crippen molar-refractivity contribution in [2.45, 2.75) is 12.5 Å². The molecule has 3 rings (SSSR count). The highest BCUT2D eigenvalue weighted by atomic mass is 16.4. The van der Waals surface area contributed by atoms with Gasteiger partial charge in [-0.05, 0) is 23.6 Å². The van der Waals surface area contributed by atoms with Crippen molar-refractivity contribution in [2.24, 2.45) is 0 Å². The molecule has 1 aliphatic heterocycles. The molecule has 0 aromatic heterocycles. The Morgan fingerprint density at radius 3 is 2.44 bits per heavy atom. The number of rotatable bonds is 1. The Labute approximate surface area is 105 Å². The van der Waals surface area contributed by atoms with E-state index in [2.05, 4.69) is 0 Å². The smallest absolute Gasteiger partial charge is 0.412 e. The number of nitrogens with zero attached hydrogens (tertiary/aromatic N) is 1. The summed E-state index contributed by atoms with van der Waals surface area (Å²) < 4.78 is 0. The monoisotopic (exact) mass is 239 g/mol. The molecule has 0 spiro atoms. The number of fused-ring (bicyclic) bond motifs is 1. The van der Waals surface area contributed by atoms with E-state index in [0.29, 0.717) is 0 Å². The summed E-state index contributed by atoms with van der Waals surface area (Å²) in [6.07, 6.45) is -0.152. The van der Waals surface area contributed by atoms with Crippen LogP contribution in [0.3, 0.4) is 0 Å². The molecule has 1 heterocycles. The van der Waals surface area contributed by atoms with Crippen molar-refractivity contribution < 1.29 is 9.90 Å². The molecule has 3 nitrogen and oxygen atoms in total. The number of anilines is 1. The molecule has 18 heavy (non-hydrogen) atoms. The van der Waals surface area contributed by atoms with E-state index in [-0.39, 0.29) is 6.04 Å². The van der Waals surface area contributed by atoms with Crippen LogP contribution in [-0.4, -0.2) is 11.2 Å². The fourth-order valence-corrected chi connectivity index (χ4v) is 2.56. The van der Waals surface area contributed by atoms with Gasteiger partial charge in [0.2, 0.25) is 0 Å². The number of benzene rings is 2. The van der Waals surface area contributed by atoms with Gasteiger partial charge in [0.05, 0.1) is 11.7 Å². The van der Waals surface area contributed by atoms with Crippen LogP contribution < -0.4 is 4.90 Å². The number of hydrogen-bond acceptors (Lipinski definition) is 1. The van der Waals surface area contributed by atoms with Gasteiger partial charge in [-0.25, -0.2) is 4.79 Å². The predicted octanol–water partition coefficient (Wildman–Crippen LogP) is 3.47. The fourth-order valence-electron chi connectivity index (χ4n) is 2.56. The molecule has 2 aromatic rings. The number of para-hydroxylation sites is 1. The Hall–Kier alpha value is -2.29. The van der Waals surface area contributed by atoms with Crippen LogP contribution in [0.1, 0.15) is 17.2 Å². The van der Waals surface area contributed by atoms with Gasteiger partial charge in [-0.15, -0.1) is 0 Å². The number of amides is 1. The Morgan fingerprint density at radius 2 is 1.72 bits per heavy atom. The zero-order chi connectivity index (χ0) is 12.5. The Bertz CT molecular complexity index is 580. The minimum atomic E-state index is -0.895. The summed E-state index contributed by atoms with van der Waals surface area (Å²) in [5.74, 6) is 0. The van der Waals surface area contributed by atoms with E-state index >= 15 is 0 Å². The number of hydrogen-bond donors (Lipinski definition) is 1. The van der Waals surface area contributed by atoms with Crippen molar-refractivity contribution >= 4 is 11.8 Å². The lowest BCUT2D eigenvalue weighted by Gasteiger charge is -2.22. The maximum atomic E-state index is 11.5. The van der Waals surface area contributed by atoms with E-state index in [1.807, 2.05) is 54.6 Å². The molecule has 0 saturated heterocycles. The number of carboxylic acid groups (broad SMARTS) is 1. The largest absolute Gasteiger partial charge is 0.465 e. The van der Waals surface area contributed by atoms with Gasteiger partial charge in [-0.1, -0.05) is 48.5 Å². The summed E-state index contributed by atoms with van der Waals surface area (Å²) in [7, 11) is 0. The summed E-state index contributed by atoms with van der Waals surface area (Å²) in [6.45, 7) is 0. The minimum Gasteiger partial charge on any atom is -0.465 e. The fraction of sp³-hybridized carbons (Fsp3) is 0.133. The predicted molar refractivity (Wildman–Crippen MR) is 69.8 cm³/mol. The van der Waals surface area contributed by atoms with Crippen LogP contribution in [-0.2, 0) is 6.42 Å². The van der Waals surface area contributed by atoms with Crippen LogP contribution in [0.5, 0.6) is 0 Å². The third-order valence-corrected chi connectivity index (χ3v) is 3.37. The van der Waals surface area contributed by atoms with Crippen molar-refractivity contribution in [3.63, 3.8) is 0 Å². The Morgan fingerprint density at radius 1 is 1.06 bits per heavy atom. The lowest BCUT2D eigenvalue weighted by molar-refractivity contribution is 0.200. The topological polar surface area (TPSA) is 40.5 Å². The van der Waals surface area contributed by atoms with E-state index in [1.165, 1.54) is 4.90 Å². The van der Waals surface area contributed by atoms with Gasteiger partial charge >= 0.3 is 6.09 Å². The molecular formula is C15H13NO2. The molecule has 0 aliphatic carbocycles. The molecule has 0 saturated carbocycles. The van der Waals surface area contributed by atoms with Gasteiger partial charge in [0, 0.05) is 0 Å². The van der Waals surface area contributed by atoms with Crippen molar-refractivity contribution in [1.29, 1.82) is 0 Å². The average Bonchev–Trinajstić information content (AvgIpc) is 2.79. The summed E-state index contributed by atoms with van der Waals surface area (Å²) in [4.78, 5) is 12.9. The molecule has 1 atom stereocenters. The highest BCUT2D eigenvalue weighted by Gasteiger charge is 2.34. The summed E-state index contributed by atoms with van der Waals surface area (Å²) in [5, 5.41) is 9.42. The summed E-state index contributed by atoms with van der Waals surface area (Å²) in [6, 6.07) is 17.4. The first kappa shape index (κ1) is 10.8. The first-order valence-corrected chi connectivity index (χ1v) is 5.92. The number of carbonyl (C=O) groups is 1. The zero-order valence-electron chi connectivity index (χ0n) is 9.78. The van der Waals surface area contributed by atoms with Gasteiger partial charge in [-0.3, -0.25) is 4.90 Å². The summed E-state index contributed by atoms with van der Waals surface area (Å²) >= 11 is 0. The molecule has 90 valence electrons. The first-order chi connectivity index (χ1) is 8.77. The third-order valence-electron chi connectivity index (χ3n) is 3.37. The van der Waals surface area contributed by atoms with Crippen LogP contribution >= 0.6 is 0 Å². The van der Waals surface area contributed by atoms with E-state index in [9.17, 15) is 9.90 Å². The molecule has 1 N–H and O–H groups in total. The Kier molecular flexibility index (Phi) is 2.52. The molecule has 2 aromatic carbocycles. The molecule has 1 amide bonds. The SMILES string of the molecule is O=C(O)N1c2ccccc2CC1c1ccccc1. The average molecular weight is 239 g/mol. The van der Waals surface area contributed by atoms with E-state index in [1.54, 1.807) is 0 Å². The van der Waals surface area contributed by atoms with Gasteiger partial charge in [-0.2, -0.15) is 0 Å². The van der Waals surface area contributed by atoms with Gasteiger partial charge < -0.3 is 5.11 Å². The van der Waals surface area contributed by atoms with Crippen LogP contribution in [0.2, 0.25) is 0 Å². The maximum Gasteiger partial charge on any atom is 0.412 e. The highest BCUT2D eigenvalue weighted by Crippen LogP contribution is 2.39. The molecular weight excluding hydrogens is 226 g/mol. The van der Waals surface area contributed by atoms with Gasteiger partial charge in [0.25, 0.3) is 0 Å². The van der Waals surface area contributed by atoms with E-state index in [0.717, 1.165) is 23.2 Å². The second-order valence-corrected chi connectivity index (χ2v) is 4.41. The van der Waals surface area contributed by atoms with Crippen LogP contribution in [0, 0.1) is 0 Å². The first-order valence-electron chi connectivity index (χ1n) is 5.92. The highest BCUT2D eigenvalue weighted by molar-refractivity contribution is 5.90.